The van der Waals surface area contributed by atoms with Crippen LogP contribution >= 0.6 is 0 Å². The Morgan fingerprint density at radius 1 is 1.00 bits per heavy atom. The second-order valence-corrected chi connectivity index (χ2v) is 8.66. The highest BCUT2D eigenvalue weighted by atomic mass is 32.2. The summed E-state index contributed by atoms with van der Waals surface area (Å²) in [6.07, 6.45) is 5.99. The predicted molar refractivity (Wildman–Crippen MR) is 107 cm³/mol. The fourth-order valence-electron chi connectivity index (χ4n) is 3.37. The van der Waals surface area contributed by atoms with E-state index < -0.39 is 15.9 Å². The zero-order chi connectivity index (χ0) is 20.0. The van der Waals surface area contributed by atoms with Crippen LogP contribution in [0.2, 0.25) is 0 Å². The van der Waals surface area contributed by atoms with Gasteiger partial charge < -0.3 is 5.32 Å². The number of rotatable bonds is 5. The molecule has 2 aromatic carbocycles. The smallest absolute Gasteiger partial charge is 0.255 e. The topological polar surface area (TPSA) is 99.1 Å². The first kappa shape index (κ1) is 20.1. The van der Waals surface area contributed by atoms with Gasteiger partial charge in [0.15, 0.2) is 0 Å². The van der Waals surface area contributed by atoms with Crippen LogP contribution in [0.1, 0.15) is 54.4 Å². The quantitative estimate of drug-likeness (QED) is 0.749. The zero-order valence-corrected chi connectivity index (χ0v) is 16.3. The lowest BCUT2D eigenvalue weighted by molar-refractivity contribution is 0.102. The number of nitrogens with zero attached hydrogens (tertiary/aromatic N) is 1. The summed E-state index contributed by atoms with van der Waals surface area (Å²) in [7, 11) is -3.70. The van der Waals surface area contributed by atoms with Crippen LogP contribution in [-0.2, 0) is 10.0 Å². The first-order valence-corrected chi connectivity index (χ1v) is 10.9. The van der Waals surface area contributed by atoms with Gasteiger partial charge in [-0.25, -0.2) is 13.1 Å². The standard InChI is InChI=1S/C21H23N3O3S/c22-15-17-8-5-6-13-20(17)23-21(25)16-9-7-12-19(14-16)28(26,27)24-18-10-3-1-2-4-11-18/h5-9,12-14,18,24H,1-4,10-11H2,(H,23,25). The molecule has 0 saturated heterocycles. The monoisotopic (exact) mass is 397 g/mol. The lowest BCUT2D eigenvalue weighted by Gasteiger charge is -2.16. The van der Waals surface area contributed by atoms with Gasteiger partial charge in [0.25, 0.3) is 5.91 Å². The van der Waals surface area contributed by atoms with Gasteiger partial charge in [0.05, 0.1) is 16.1 Å². The van der Waals surface area contributed by atoms with E-state index in [1.165, 1.54) is 12.1 Å². The van der Waals surface area contributed by atoms with Crippen LogP contribution in [0.25, 0.3) is 0 Å². The van der Waals surface area contributed by atoms with E-state index in [1.807, 2.05) is 6.07 Å². The molecule has 6 nitrogen and oxygen atoms in total. The largest absolute Gasteiger partial charge is 0.321 e. The molecule has 28 heavy (non-hydrogen) atoms. The van der Waals surface area contributed by atoms with Crippen molar-refractivity contribution in [2.24, 2.45) is 0 Å². The van der Waals surface area contributed by atoms with Crippen molar-refractivity contribution in [3.63, 3.8) is 0 Å². The molecule has 0 aliphatic heterocycles. The molecule has 3 rings (SSSR count). The van der Waals surface area contributed by atoms with Gasteiger partial charge in [-0.1, -0.05) is 43.9 Å². The first-order valence-electron chi connectivity index (χ1n) is 9.42. The Hall–Kier alpha value is -2.69. The van der Waals surface area contributed by atoms with Crippen molar-refractivity contribution in [3.8, 4) is 6.07 Å². The fourth-order valence-corrected chi connectivity index (χ4v) is 4.72. The summed E-state index contributed by atoms with van der Waals surface area (Å²) in [6.45, 7) is 0. The molecule has 2 aromatic rings. The minimum atomic E-state index is -3.70. The number of carbonyl (C=O) groups excluding carboxylic acids is 1. The van der Waals surface area contributed by atoms with E-state index in [0.29, 0.717) is 11.3 Å². The molecule has 0 spiro atoms. The lowest BCUT2D eigenvalue weighted by atomic mass is 10.1. The van der Waals surface area contributed by atoms with E-state index in [4.69, 9.17) is 5.26 Å². The molecule has 146 valence electrons. The van der Waals surface area contributed by atoms with Crippen molar-refractivity contribution in [3.05, 3.63) is 59.7 Å². The number of anilines is 1. The molecule has 0 aromatic heterocycles. The molecular weight excluding hydrogens is 374 g/mol. The molecule has 0 radical (unpaired) electrons. The van der Waals surface area contributed by atoms with E-state index >= 15 is 0 Å². The van der Waals surface area contributed by atoms with Crippen LogP contribution in [0.15, 0.2) is 53.4 Å². The molecule has 1 aliphatic carbocycles. The lowest BCUT2D eigenvalue weighted by Crippen LogP contribution is -2.34. The highest BCUT2D eigenvalue weighted by molar-refractivity contribution is 7.89. The molecule has 0 atom stereocenters. The molecule has 1 saturated carbocycles. The van der Waals surface area contributed by atoms with Crippen molar-refractivity contribution in [2.45, 2.75) is 49.5 Å². The summed E-state index contributed by atoms with van der Waals surface area (Å²) in [5.74, 6) is -0.464. The van der Waals surface area contributed by atoms with Crippen LogP contribution < -0.4 is 10.0 Å². The van der Waals surface area contributed by atoms with Gasteiger partial charge in [-0.3, -0.25) is 4.79 Å². The summed E-state index contributed by atoms with van der Waals surface area (Å²) >= 11 is 0. The highest BCUT2D eigenvalue weighted by Crippen LogP contribution is 2.21. The zero-order valence-electron chi connectivity index (χ0n) is 15.5. The van der Waals surface area contributed by atoms with Gasteiger partial charge in [0.2, 0.25) is 10.0 Å². The Morgan fingerprint density at radius 3 is 2.43 bits per heavy atom. The summed E-state index contributed by atoms with van der Waals surface area (Å²) in [5, 5.41) is 11.8. The average Bonchev–Trinajstić information content (AvgIpc) is 2.96. The Bertz CT molecular complexity index is 988. The Labute approximate surface area is 165 Å². The Kier molecular flexibility index (Phi) is 6.45. The van der Waals surface area contributed by atoms with E-state index in [1.54, 1.807) is 36.4 Å². The maximum atomic E-state index is 12.8. The van der Waals surface area contributed by atoms with Gasteiger partial charge in [-0.15, -0.1) is 0 Å². The number of para-hydroxylation sites is 1. The number of carbonyl (C=O) groups is 1. The van der Waals surface area contributed by atoms with E-state index in [-0.39, 0.29) is 16.5 Å². The van der Waals surface area contributed by atoms with Gasteiger partial charge in [-0.05, 0) is 43.2 Å². The van der Waals surface area contributed by atoms with Gasteiger partial charge >= 0.3 is 0 Å². The van der Waals surface area contributed by atoms with Crippen LogP contribution in [-0.4, -0.2) is 20.4 Å². The predicted octanol–water partition coefficient (Wildman–Crippen LogP) is 3.81. The highest BCUT2D eigenvalue weighted by Gasteiger charge is 2.22. The van der Waals surface area contributed by atoms with Crippen LogP contribution in [0.3, 0.4) is 0 Å². The molecule has 0 bridgehead atoms. The summed E-state index contributed by atoms with van der Waals surface area (Å²) in [4.78, 5) is 12.6. The average molecular weight is 398 g/mol. The number of hydrogen-bond donors (Lipinski definition) is 2. The minimum absolute atomic E-state index is 0.0625. The third-order valence-corrected chi connectivity index (χ3v) is 6.40. The van der Waals surface area contributed by atoms with Crippen molar-refractivity contribution in [2.75, 3.05) is 5.32 Å². The number of sulfonamides is 1. The van der Waals surface area contributed by atoms with Gasteiger partial charge in [0, 0.05) is 11.6 Å². The molecule has 0 heterocycles. The van der Waals surface area contributed by atoms with Crippen molar-refractivity contribution >= 4 is 21.6 Å². The third kappa shape index (κ3) is 4.97. The number of benzene rings is 2. The molecule has 1 fully saturated rings. The maximum absolute atomic E-state index is 12.8. The third-order valence-electron chi connectivity index (χ3n) is 4.88. The molecular formula is C21H23N3O3S. The van der Waals surface area contributed by atoms with Crippen LogP contribution in [0.5, 0.6) is 0 Å². The maximum Gasteiger partial charge on any atom is 0.255 e. The number of amides is 1. The SMILES string of the molecule is N#Cc1ccccc1NC(=O)c1cccc(S(=O)(=O)NC2CCCCCC2)c1. The summed E-state index contributed by atoms with van der Waals surface area (Å²) < 4.78 is 28.3. The van der Waals surface area contributed by atoms with Crippen LogP contribution in [0, 0.1) is 11.3 Å². The first-order chi connectivity index (χ1) is 13.5. The normalized spacial score (nSPS) is 15.4. The van der Waals surface area contributed by atoms with Crippen molar-refractivity contribution < 1.29 is 13.2 Å². The van der Waals surface area contributed by atoms with Gasteiger partial charge in [0.1, 0.15) is 6.07 Å². The van der Waals surface area contributed by atoms with Crippen LogP contribution in [0.4, 0.5) is 5.69 Å². The molecule has 1 amide bonds. The second-order valence-electron chi connectivity index (χ2n) is 6.95. The second kappa shape index (κ2) is 9.00. The summed E-state index contributed by atoms with van der Waals surface area (Å²) in [5.41, 5.74) is 0.950. The van der Waals surface area contributed by atoms with Gasteiger partial charge in [-0.2, -0.15) is 5.26 Å². The van der Waals surface area contributed by atoms with E-state index in [9.17, 15) is 13.2 Å². The molecule has 2 N–H and O–H groups in total. The minimum Gasteiger partial charge on any atom is -0.321 e. The Balaban J connectivity index is 1.77. The number of nitriles is 1. The van der Waals surface area contributed by atoms with E-state index in [2.05, 4.69) is 10.0 Å². The number of hydrogen-bond acceptors (Lipinski definition) is 4. The number of nitrogens with one attached hydrogen (secondary N) is 2. The summed E-state index contributed by atoms with van der Waals surface area (Å²) in [6, 6.07) is 14.6. The van der Waals surface area contributed by atoms with E-state index in [0.717, 1.165) is 38.5 Å². The van der Waals surface area contributed by atoms with Crippen molar-refractivity contribution in [1.82, 2.24) is 4.72 Å². The molecule has 0 unspecified atom stereocenters. The van der Waals surface area contributed by atoms with Crippen molar-refractivity contribution in [1.29, 1.82) is 5.26 Å². The fraction of sp³-hybridized carbons (Fsp3) is 0.333. The molecule has 7 heteroatoms. The molecule has 1 aliphatic rings. The Morgan fingerprint density at radius 2 is 1.71 bits per heavy atom.